The summed E-state index contributed by atoms with van der Waals surface area (Å²) in [6.07, 6.45) is 0. The molecule has 6 N–H and O–H groups in total. The Bertz CT molecular complexity index is 288. The molecule has 0 spiro atoms. The molecule has 1 rings (SSSR count). The second-order valence-electron chi connectivity index (χ2n) is 2.84. The smallest absolute Gasteiger partial charge is 0.119 e. The summed E-state index contributed by atoms with van der Waals surface area (Å²) in [6, 6.07) is 5.15. The van der Waals surface area contributed by atoms with Crippen LogP contribution in [0.1, 0.15) is 11.6 Å². The first kappa shape index (κ1) is 9.83. The summed E-state index contributed by atoms with van der Waals surface area (Å²) in [4.78, 5) is 0. The van der Waals surface area contributed by atoms with E-state index in [2.05, 4.69) is 0 Å². The highest BCUT2D eigenvalue weighted by Gasteiger charge is 2.08. The van der Waals surface area contributed by atoms with E-state index in [-0.39, 0.29) is 6.04 Å². The van der Waals surface area contributed by atoms with E-state index in [1.54, 1.807) is 19.2 Å². The van der Waals surface area contributed by atoms with Gasteiger partial charge in [0, 0.05) is 18.3 Å². The molecule has 0 heterocycles. The number of nitrogen functional groups attached to an aromatic ring is 1. The van der Waals surface area contributed by atoms with Crippen LogP contribution in [0.3, 0.4) is 0 Å². The van der Waals surface area contributed by atoms with Gasteiger partial charge in [0.1, 0.15) is 5.75 Å². The molecule has 0 aromatic heterocycles. The lowest BCUT2D eigenvalue weighted by Gasteiger charge is -2.13. The lowest BCUT2D eigenvalue weighted by Crippen LogP contribution is -2.21. The molecule has 0 radical (unpaired) electrons. The molecule has 13 heavy (non-hydrogen) atoms. The van der Waals surface area contributed by atoms with Gasteiger partial charge in [0.2, 0.25) is 0 Å². The summed E-state index contributed by atoms with van der Waals surface area (Å²) in [5.41, 5.74) is 18.4. The molecule has 72 valence electrons. The van der Waals surface area contributed by atoms with Gasteiger partial charge in [-0.2, -0.15) is 0 Å². The number of hydrogen-bond donors (Lipinski definition) is 3. The van der Waals surface area contributed by atoms with Gasteiger partial charge >= 0.3 is 0 Å². The molecule has 0 fully saturated rings. The van der Waals surface area contributed by atoms with Crippen LogP contribution in [0, 0.1) is 0 Å². The number of ether oxygens (including phenoxy) is 1. The van der Waals surface area contributed by atoms with Crippen LogP contribution in [0.25, 0.3) is 0 Å². The van der Waals surface area contributed by atoms with Crippen molar-refractivity contribution >= 4 is 5.69 Å². The fraction of sp³-hybridized carbons (Fsp3) is 0.333. The predicted octanol–water partition coefficient (Wildman–Crippen LogP) is 0.236. The second-order valence-corrected chi connectivity index (χ2v) is 2.84. The van der Waals surface area contributed by atoms with Gasteiger partial charge in [0.15, 0.2) is 0 Å². The zero-order valence-corrected chi connectivity index (χ0v) is 7.66. The lowest BCUT2D eigenvalue weighted by molar-refractivity contribution is 0.414. The summed E-state index contributed by atoms with van der Waals surface area (Å²) in [5, 5.41) is 0. The van der Waals surface area contributed by atoms with Crippen LogP contribution in [0.4, 0.5) is 5.69 Å². The zero-order valence-electron chi connectivity index (χ0n) is 7.66. The van der Waals surface area contributed by atoms with Crippen molar-refractivity contribution in [2.75, 3.05) is 19.4 Å². The fourth-order valence-corrected chi connectivity index (χ4v) is 1.13. The van der Waals surface area contributed by atoms with Gasteiger partial charge in [0.05, 0.1) is 7.11 Å². The van der Waals surface area contributed by atoms with Gasteiger partial charge in [-0.05, 0) is 23.8 Å². The molecular weight excluding hydrogens is 166 g/mol. The van der Waals surface area contributed by atoms with Gasteiger partial charge in [-0.25, -0.2) is 0 Å². The summed E-state index contributed by atoms with van der Waals surface area (Å²) < 4.78 is 5.05. The van der Waals surface area contributed by atoms with Gasteiger partial charge in [-0.15, -0.1) is 0 Å². The van der Waals surface area contributed by atoms with E-state index < -0.39 is 0 Å². The van der Waals surface area contributed by atoms with Crippen molar-refractivity contribution in [3.8, 4) is 5.75 Å². The monoisotopic (exact) mass is 181 g/mol. The van der Waals surface area contributed by atoms with Crippen LogP contribution < -0.4 is 21.9 Å². The number of rotatable bonds is 3. The molecule has 0 aliphatic rings. The number of nitrogens with two attached hydrogens (primary N) is 3. The van der Waals surface area contributed by atoms with Crippen LogP contribution in [0.5, 0.6) is 5.75 Å². The Morgan fingerprint density at radius 2 is 2.15 bits per heavy atom. The van der Waals surface area contributed by atoms with Crippen molar-refractivity contribution in [1.82, 2.24) is 0 Å². The van der Waals surface area contributed by atoms with Crippen LogP contribution >= 0.6 is 0 Å². The van der Waals surface area contributed by atoms with Gasteiger partial charge in [-0.3, -0.25) is 0 Å². The second kappa shape index (κ2) is 4.11. The number of anilines is 1. The molecule has 0 saturated heterocycles. The first-order valence-corrected chi connectivity index (χ1v) is 4.08. The van der Waals surface area contributed by atoms with E-state index in [4.69, 9.17) is 21.9 Å². The third-order valence-electron chi connectivity index (χ3n) is 1.95. The van der Waals surface area contributed by atoms with Crippen molar-refractivity contribution < 1.29 is 4.74 Å². The minimum Gasteiger partial charge on any atom is -0.497 e. The highest BCUT2D eigenvalue weighted by atomic mass is 16.5. The van der Waals surface area contributed by atoms with Crippen molar-refractivity contribution in [2.45, 2.75) is 6.04 Å². The van der Waals surface area contributed by atoms with E-state index in [1.807, 2.05) is 6.07 Å². The molecule has 1 aromatic carbocycles. The molecule has 0 saturated carbocycles. The Kier molecular flexibility index (Phi) is 3.11. The molecule has 0 aliphatic carbocycles. The van der Waals surface area contributed by atoms with Crippen molar-refractivity contribution in [1.29, 1.82) is 0 Å². The fourth-order valence-electron chi connectivity index (χ4n) is 1.13. The Hall–Kier alpha value is -1.26. The van der Waals surface area contributed by atoms with Crippen molar-refractivity contribution in [2.24, 2.45) is 11.5 Å². The number of methoxy groups -OCH3 is 1. The Balaban J connectivity index is 3.03. The maximum Gasteiger partial charge on any atom is 0.119 e. The topological polar surface area (TPSA) is 87.3 Å². The highest BCUT2D eigenvalue weighted by Crippen LogP contribution is 2.23. The van der Waals surface area contributed by atoms with E-state index in [9.17, 15) is 0 Å². The summed E-state index contributed by atoms with van der Waals surface area (Å²) in [7, 11) is 1.60. The minimum atomic E-state index is -0.227. The number of benzene rings is 1. The Morgan fingerprint density at radius 1 is 1.46 bits per heavy atom. The Labute approximate surface area is 77.7 Å². The van der Waals surface area contributed by atoms with E-state index >= 15 is 0 Å². The third kappa shape index (κ3) is 2.11. The molecular formula is C9H15N3O. The predicted molar refractivity (Wildman–Crippen MR) is 53.4 cm³/mol. The summed E-state index contributed by atoms with van der Waals surface area (Å²) >= 11 is 0. The van der Waals surface area contributed by atoms with E-state index in [1.165, 1.54) is 0 Å². The quantitative estimate of drug-likeness (QED) is 0.583. The van der Waals surface area contributed by atoms with Crippen LogP contribution in [-0.2, 0) is 0 Å². The third-order valence-corrected chi connectivity index (χ3v) is 1.95. The maximum absolute atomic E-state index is 5.76. The molecule has 4 heteroatoms. The van der Waals surface area contributed by atoms with Crippen LogP contribution in [0.2, 0.25) is 0 Å². The standard InChI is InChI=1S/C9H15N3O/c1-13-6-2-3-8(11)7(4-6)9(12)5-10/h2-4,9H,5,10-12H2,1H3/t9-/m1/s1. The van der Waals surface area contributed by atoms with E-state index in [0.29, 0.717) is 12.2 Å². The molecule has 0 amide bonds. The molecule has 1 atom stereocenters. The molecule has 1 aromatic rings. The zero-order chi connectivity index (χ0) is 9.84. The first-order valence-electron chi connectivity index (χ1n) is 4.08. The maximum atomic E-state index is 5.76. The lowest BCUT2D eigenvalue weighted by atomic mass is 10.1. The Morgan fingerprint density at radius 3 is 2.69 bits per heavy atom. The SMILES string of the molecule is COc1ccc(N)c([C@H](N)CN)c1. The van der Waals surface area contributed by atoms with Gasteiger partial charge in [0.25, 0.3) is 0 Å². The molecule has 4 nitrogen and oxygen atoms in total. The molecule has 0 unspecified atom stereocenters. The normalized spacial score (nSPS) is 12.5. The summed E-state index contributed by atoms with van der Waals surface area (Å²) in [6.45, 7) is 0.372. The van der Waals surface area contributed by atoms with Crippen LogP contribution in [-0.4, -0.2) is 13.7 Å². The van der Waals surface area contributed by atoms with Crippen molar-refractivity contribution in [3.05, 3.63) is 23.8 Å². The average molecular weight is 181 g/mol. The van der Waals surface area contributed by atoms with Gasteiger partial charge in [-0.1, -0.05) is 0 Å². The molecule has 0 aliphatic heterocycles. The summed E-state index contributed by atoms with van der Waals surface area (Å²) in [5.74, 6) is 0.744. The molecule has 0 bridgehead atoms. The number of hydrogen-bond acceptors (Lipinski definition) is 4. The first-order chi connectivity index (χ1) is 6.19. The average Bonchev–Trinajstić information content (AvgIpc) is 2.17. The minimum absolute atomic E-state index is 0.227. The largest absolute Gasteiger partial charge is 0.497 e. The van der Waals surface area contributed by atoms with Crippen LogP contribution in [0.15, 0.2) is 18.2 Å². The van der Waals surface area contributed by atoms with Crippen molar-refractivity contribution in [3.63, 3.8) is 0 Å². The van der Waals surface area contributed by atoms with E-state index in [0.717, 1.165) is 11.3 Å². The highest BCUT2D eigenvalue weighted by molar-refractivity contribution is 5.52. The van der Waals surface area contributed by atoms with Gasteiger partial charge < -0.3 is 21.9 Å².